The van der Waals surface area contributed by atoms with Crippen molar-refractivity contribution in [3.8, 4) is 0 Å². The van der Waals surface area contributed by atoms with Crippen molar-refractivity contribution in [2.45, 2.75) is 58.4 Å². The van der Waals surface area contributed by atoms with Gasteiger partial charge in [0, 0.05) is 12.6 Å². The molecule has 118 valence electrons. The fourth-order valence-corrected chi connectivity index (χ4v) is 3.50. The summed E-state index contributed by atoms with van der Waals surface area (Å²) in [6.45, 7) is 5.85. The first kappa shape index (κ1) is 16.5. The van der Waals surface area contributed by atoms with E-state index in [1.807, 2.05) is 0 Å². The van der Waals surface area contributed by atoms with E-state index >= 15 is 0 Å². The van der Waals surface area contributed by atoms with Gasteiger partial charge in [0.05, 0.1) is 0 Å². The van der Waals surface area contributed by atoms with Gasteiger partial charge in [-0.3, -0.25) is 0 Å². The molecule has 2 nitrogen and oxygen atoms in total. The quantitative estimate of drug-likeness (QED) is 0.792. The van der Waals surface area contributed by atoms with Crippen molar-refractivity contribution in [3.05, 3.63) is 35.4 Å². The third-order valence-electron chi connectivity index (χ3n) is 5.01. The van der Waals surface area contributed by atoms with Gasteiger partial charge in [0.25, 0.3) is 0 Å². The van der Waals surface area contributed by atoms with Gasteiger partial charge in [0.1, 0.15) is 0 Å². The molecule has 3 unspecified atom stereocenters. The summed E-state index contributed by atoms with van der Waals surface area (Å²) in [6.07, 6.45) is 7.45. The maximum Gasteiger partial charge on any atom is 0.0462 e. The van der Waals surface area contributed by atoms with Crippen LogP contribution in [0, 0.1) is 11.8 Å². The van der Waals surface area contributed by atoms with Crippen molar-refractivity contribution >= 4 is 0 Å². The van der Waals surface area contributed by atoms with Crippen molar-refractivity contribution < 1.29 is 5.11 Å². The SMILES string of the molecule is CCCc1ccc(C(C)NCC2CCCCC2CO)cc1. The number of hydrogen-bond donors (Lipinski definition) is 2. The molecule has 21 heavy (non-hydrogen) atoms. The molecule has 0 heterocycles. The van der Waals surface area contributed by atoms with Gasteiger partial charge in [0.15, 0.2) is 0 Å². The van der Waals surface area contributed by atoms with Crippen LogP contribution in [-0.2, 0) is 6.42 Å². The summed E-state index contributed by atoms with van der Waals surface area (Å²) in [6, 6.07) is 9.42. The van der Waals surface area contributed by atoms with Gasteiger partial charge in [-0.15, -0.1) is 0 Å². The Balaban J connectivity index is 1.84. The Kier molecular flexibility index (Phi) is 6.72. The molecule has 1 aromatic rings. The van der Waals surface area contributed by atoms with Crippen molar-refractivity contribution in [3.63, 3.8) is 0 Å². The van der Waals surface area contributed by atoms with Crippen molar-refractivity contribution in [2.75, 3.05) is 13.2 Å². The van der Waals surface area contributed by atoms with E-state index in [0.29, 0.717) is 24.5 Å². The minimum Gasteiger partial charge on any atom is -0.396 e. The van der Waals surface area contributed by atoms with E-state index in [2.05, 4.69) is 43.4 Å². The molecule has 0 aromatic heterocycles. The summed E-state index contributed by atoms with van der Waals surface area (Å²) in [5.74, 6) is 1.15. The van der Waals surface area contributed by atoms with E-state index in [0.717, 1.165) is 6.54 Å². The maximum atomic E-state index is 9.50. The average Bonchev–Trinajstić information content (AvgIpc) is 2.54. The summed E-state index contributed by atoms with van der Waals surface area (Å²) in [7, 11) is 0. The zero-order valence-electron chi connectivity index (χ0n) is 13.6. The minimum atomic E-state index is 0.354. The van der Waals surface area contributed by atoms with Crippen LogP contribution < -0.4 is 5.32 Å². The van der Waals surface area contributed by atoms with Crippen LogP contribution >= 0.6 is 0 Å². The molecule has 1 aliphatic rings. The van der Waals surface area contributed by atoms with Gasteiger partial charge >= 0.3 is 0 Å². The summed E-state index contributed by atoms with van der Waals surface area (Å²) in [5.41, 5.74) is 2.80. The second kappa shape index (κ2) is 8.55. The molecule has 1 fully saturated rings. The Morgan fingerprint density at radius 3 is 2.43 bits per heavy atom. The van der Waals surface area contributed by atoms with Crippen LogP contribution in [0.2, 0.25) is 0 Å². The van der Waals surface area contributed by atoms with Crippen LogP contribution in [0.15, 0.2) is 24.3 Å². The highest BCUT2D eigenvalue weighted by Crippen LogP contribution is 2.29. The highest BCUT2D eigenvalue weighted by Gasteiger charge is 2.24. The molecule has 3 atom stereocenters. The van der Waals surface area contributed by atoms with E-state index < -0.39 is 0 Å². The van der Waals surface area contributed by atoms with Crippen LogP contribution in [0.4, 0.5) is 0 Å². The van der Waals surface area contributed by atoms with Crippen LogP contribution in [0.5, 0.6) is 0 Å². The van der Waals surface area contributed by atoms with Crippen LogP contribution in [0.1, 0.15) is 63.1 Å². The van der Waals surface area contributed by atoms with Crippen molar-refractivity contribution in [2.24, 2.45) is 11.8 Å². The number of rotatable bonds is 7. The van der Waals surface area contributed by atoms with E-state index in [1.165, 1.54) is 49.7 Å². The van der Waals surface area contributed by atoms with Crippen LogP contribution in [0.3, 0.4) is 0 Å². The Bertz CT molecular complexity index is 401. The summed E-state index contributed by atoms with van der Waals surface area (Å²) in [4.78, 5) is 0. The summed E-state index contributed by atoms with van der Waals surface area (Å²) < 4.78 is 0. The van der Waals surface area contributed by atoms with Gasteiger partial charge in [-0.1, -0.05) is 50.5 Å². The number of aryl methyl sites for hydroxylation is 1. The van der Waals surface area contributed by atoms with Gasteiger partial charge in [0.2, 0.25) is 0 Å². The second-order valence-corrected chi connectivity index (χ2v) is 6.61. The monoisotopic (exact) mass is 289 g/mol. The molecule has 0 radical (unpaired) electrons. The fourth-order valence-electron chi connectivity index (χ4n) is 3.50. The topological polar surface area (TPSA) is 32.3 Å². The van der Waals surface area contributed by atoms with E-state index in [4.69, 9.17) is 0 Å². The molecule has 0 aliphatic heterocycles. The predicted molar refractivity (Wildman–Crippen MR) is 89.4 cm³/mol. The van der Waals surface area contributed by atoms with E-state index in [1.54, 1.807) is 0 Å². The lowest BCUT2D eigenvalue weighted by Gasteiger charge is -2.31. The summed E-state index contributed by atoms with van der Waals surface area (Å²) >= 11 is 0. The molecule has 1 aliphatic carbocycles. The van der Waals surface area contributed by atoms with Crippen LogP contribution in [-0.4, -0.2) is 18.3 Å². The number of nitrogens with one attached hydrogen (secondary N) is 1. The molecule has 2 N–H and O–H groups in total. The Labute approximate surface area is 130 Å². The highest BCUT2D eigenvalue weighted by molar-refractivity contribution is 5.24. The zero-order chi connectivity index (χ0) is 15.1. The normalized spacial score (nSPS) is 24.0. The number of hydrogen-bond acceptors (Lipinski definition) is 2. The van der Waals surface area contributed by atoms with Crippen molar-refractivity contribution in [1.29, 1.82) is 0 Å². The lowest BCUT2D eigenvalue weighted by atomic mass is 9.79. The first-order chi connectivity index (χ1) is 10.2. The third kappa shape index (κ3) is 4.82. The highest BCUT2D eigenvalue weighted by atomic mass is 16.3. The van der Waals surface area contributed by atoms with Crippen molar-refractivity contribution in [1.82, 2.24) is 5.32 Å². The molecular formula is C19H31NO. The summed E-state index contributed by atoms with van der Waals surface area (Å²) in [5, 5.41) is 13.2. The van der Waals surface area contributed by atoms with Gasteiger partial charge in [-0.25, -0.2) is 0 Å². The smallest absolute Gasteiger partial charge is 0.0462 e. The molecule has 1 saturated carbocycles. The van der Waals surface area contributed by atoms with E-state index in [-0.39, 0.29) is 0 Å². The van der Waals surface area contributed by atoms with Gasteiger partial charge < -0.3 is 10.4 Å². The molecule has 0 bridgehead atoms. The molecule has 2 heteroatoms. The number of aliphatic hydroxyl groups is 1. The Morgan fingerprint density at radius 2 is 1.81 bits per heavy atom. The first-order valence-electron chi connectivity index (χ1n) is 8.67. The average molecular weight is 289 g/mol. The predicted octanol–water partition coefficient (Wildman–Crippen LogP) is 4.09. The molecule has 0 spiro atoms. The molecule has 0 amide bonds. The van der Waals surface area contributed by atoms with Crippen LogP contribution in [0.25, 0.3) is 0 Å². The third-order valence-corrected chi connectivity index (χ3v) is 5.01. The number of aliphatic hydroxyl groups excluding tert-OH is 1. The fraction of sp³-hybridized carbons (Fsp3) is 0.684. The molecule has 2 rings (SSSR count). The largest absolute Gasteiger partial charge is 0.396 e. The Hall–Kier alpha value is -0.860. The minimum absolute atomic E-state index is 0.354. The lowest BCUT2D eigenvalue weighted by Crippen LogP contribution is -2.33. The van der Waals surface area contributed by atoms with Gasteiger partial charge in [-0.2, -0.15) is 0 Å². The Morgan fingerprint density at radius 1 is 1.14 bits per heavy atom. The lowest BCUT2D eigenvalue weighted by molar-refractivity contribution is 0.131. The number of benzene rings is 1. The molecule has 1 aromatic carbocycles. The molecule has 0 saturated heterocycles. The zero-order valence-corrected chi connectivity index (χ0v) is 13.6. The molecular weight excluding hydrogens is 258 g/mol. The maximum absolute atomic E-state index is 9.50. The van der Waals surface area contributed by atoms with Gasteiger partial charge in [-0.05, 0) is 55.7 Å². The first-order valence-corrected chi connectivity index (χ1v) is 8.67. The standard InChI is InChI=1S/C19H31NO/c1-3-6-16-9-11-17(12-10-16)15(2)20-13-18-7-4-5-8-19(18)14-21/h9-12,15,18-21H,3-8,13-14H2,1-2H3. The van der Waals surface area contributed by atoms with E-state index in [9.17, 15) is 5.11 Å². The second-order valence-electron chi connectivity index (χ2n) is 6.61.